The minimum Gasteiger partial charge on any atom is -0.458 e. The quantitative estimate of drug-likeness (QED) is 0.902. The van der Waals surface area contributed by atoms with E-state index in [-0.39, 0.29) is 0 Å². The largest absolute Gasteiger partial charge is 0.458 e. The summed E-state index contributed by atoms with van der Waals surface area (Å²) in [6.07, 6.45) is -0.545. The first-order valence-electron chi connectivity index (χ1n) is 5.15. The van der Waals surface area contributed by atoms with Crippen molar-refractivity contribution in [1.29, 1.82) is 0 Å². The second kappa shape index (κ2) is 5.13. The van der Waals surface area contributed by atoms with Crippen LogP contribution in [0, 0.1) is 0 Å². The van der Waals surface area contributed by atoms with Gasteiger partial charge in [0.05, 0.1) is 0 Å². The van der Waals surface area contributed by atoms with E-state index < -0.39 is 6.10 Å². The minimum atomic E-state index is -0.545. The van der Waals surface area contributed by atoms with Gasteiger partial charge in [0.15, 0.2) is 0 Å². The highest BCUT2D eigenvalue weighted by Crippen LogP contribution is 2.27. The summed E-state index contributed by atoms with van der Waals surface area (Å²) in [4.78, 5) is 0. The fraction of sp³-hybridized carbons (Fsp3) is 0.333. The van der Waals surface area contributed by atoms with E-state index in [2.05, 4.69) is 6.92 Å². The molecule has 0 saturated carbocycles. The fourth-order valence-electron chi connectivity index (χ4n) is 1.51. The van der Waals surface area contributed by atoms with Gasteiger partial charge in [0.25, 0.3) is 0 Å². The summed E-state index contributed by atoms with van der Waals surface area (Å²) in [5.74, 6) is 2.26. The van der Waals surface area contributed by atoms with Gasteiger partial charge in [-0.3, -0.25) is 0 Å². The lowest BCUT2D eigenvalue weighted by Gasteiger charge is -2.04. The number of aliphatic hydroxyl groups excluding tert-OH is 1. The molecule has 2 rings (SSSR count). The Morgan fingerprint density at radius 1 is 1.44 bits per heavy atom. The number of hydrogen-bond donors (Lipinski definition) is 1. The van der Waals surface area contributed by atoms with E-state index in [1.165, 1.54) is 0 Å². The molecule has 1 aromatic carbocycles. The van der Waals surface area contributed by atoms with E-state index >= 15 is 0 Å². The molecular weight excluding hydrogens is 244 g/mol. The Kier molecular flexibility index (Phi) is 3.79. The monoisotopic (exact) mass is 256 g/mol. The van der Waals surface area contributed by atoms with Gasteiger partial charge in [0, 0.05) is 16.2 Å². The first kappa shape index (κ1) is 11.8. The Bertz CT molecular complexity index is 481. The molecule has 16 heavy (non-hydrogen) atoms. The van der Waals surface area contributed by atoms with Crippen LogP contribution in [0.4, 0.5) is 0 Å². The van der Waals surface area contributed by atoms with E-state index in [1.807, 2.05) is 18.2 Å². The van der Waals surface area contributed by atoms with Crippen LogP contribution in [-0.2, 0) is 0 Å². The summed E-state index contributed by atoms with van der Waals surface area (Å²) in [7, 11) is 0. The van der Waals surface area contributed by atoms with E-state index in [0.29, 0.717) is 16.5 Å². The van der Waals surface area contributed by atoms with E-state index in [4.69, 9.17) is 16.0 Å². The van der Waals surface area contributed by atoms with Gasteiger partial charge in [-0.15, -0.1) is 0 Å². The molecule has 0 fully saturated rings. The minimum absolute atomic E-state index is 0.545. The Morgan fingerprint density at radius 3 is 3.00 bits per heavy atom. The molecule has 0 bridgehead atoms. The van der Waals surface area contributed by atoms with Crippen molar-refractivity contribution in [2.45, 2.75) is 13.0 Å². The van der Waals surface area contributed by atoms with Crippen LogP contribution >= 0.6 is 23.4 Å². The van der Waals surface area contributed by atoms with Crippen LogP contribution in [0.15, 0.2) is 28.7 Å². The summed E-state index contributed by atoms with van der Waals surface area (Å²) in [5.41, 5.74) is 0.764. The molecule has 0 aliphatic rings. The van der Waals surface area contributed by atoms with Gasteiger partial charge in [-0.05, 0) is 30.0 Å². The third-order valence-electron chi connectivity index (χ3n) is 2.31. The third kappa shape index (κ3) is 2.54. The maximum atomic E-state index is 9.87. The average Bonchev–Trinajstić information content (AvgIpc) is 2.68. The topological polar surface area (TPSA) is 33.4 Å². The van der Waals surface area contributed by atoms with Crippen molar-refractivity contribution in [3.05, 3.63) is 35.0 Å². The molecule has 0 amide bonds. The van der Waals surface area contributed by atoms with Gasteiger partial charge in [0.2, 0.25) is 0 Å². The van der Waals surface area contributed by atoms with E-state index in [0.717, 1.165) is 16.7 Å². The van der Waals surface area contributed by atoms with Crippen molar-refractivity contribution in [1.82, 2.24) is 0 Å². The second-order valence-corrected chi connectivity index (χ2v) is 5.26. The summed E-state index contributed by atoms with van der Waals surface area (Å²) in [6, 6.07) is 7.29. The smallest absolute Gasteiger partial charge is 0.134 e. The summed E-state index contributed by atoms with van der Waals surface area (Å²) in [6.45, 7) is 2.07. The fourth-order valence-corrected chi connectivity index (χ4v) is 2.31. The lowest BCUT2D eigenvalue weighted by atomic mass is 10.2. The molecule has 4 heteroatoms. The number of aliphatic hydroxyl groups is 1. The lowest BCUT2D eigenvalue weighted by Crippen LogP contribution is -1.98. The average molecular weight is 257 g/mol. The highest BCUT2D eigenvalue weighted by molar-refractivity contribution is 7.99. The van der Waals surface area contributed by atoms with Crippen LogP contribution in [0.2, 0.25) is 5.02 Å². The maximum Gasteiger partial charge on any atom is 0.134 e. The number of fused-ring (bicyclic) bond motifs is 1. The zero-order valence-electron chi connectivity index (χ0n) is 8.94. The summed E-state index contributed by atoms with van der Waals surface area (Å²) >= 11 is 7.57. The van der Waals surface area contributed by atoms with Crippen molar-refractivity contribution >= 4 is 34.3 Å². The number of rotatable bonds is 4. The van der Waals surface area contributed by atoms with Crippen LogP contribution in [0.5, 0.6) is 0 Å². The van der Waals surface area contributed by atoms with Crippen molar-refractivity contribution in [3.8, 4) is 0 Å². The van der Waals surface area contributed by atoms with E-state index in [9.17, 15) is 5.11 Å². The van der Waals surface area contributed by atoms with Gasteiger partial charge >= 0.3 is 0 Å². The molecule has 0 radical (unpaired) electrons. The van der Waals surface area contributed by atoms with Gasteiger partial charge in [0.1, 0.15) is 17.4 Å². The standard InChI is InChI=1S/C12H13ClO2S/c1-2-16-7-10(14)12-6-8-5-9(13)3-4-11(8)15-12/h3-6,10,14H,2,7H2,1H3. The number of benzene rings is 1. The number of hydrogen-bond acceptors (Lipinski definition) is 3. The normalized spacial score (nSPS) is 13.2. The molecule has 0 saturated heterocycles. The molecule has 86 valence electrons. The van der Waals surface area contributed by atoms with Crippen LogP contribution in [0.1, 0.15) is 18.8 Å². The molecular formula is C12H13ClO2S. The first-order valence-corrected chi connectivity index (χ1v) is 6.68. The highest BCUT2D eigenvalue weighted by Gasteiger charge is 2.13. The van der Waals surface area contributed by atoms with Gasteiger partial charge < -0.3 is 9.52 Å². The molecule has 2 aromatic rings. The van der Waals surface area contributed by atoms with Gasteiger partial charge in [-0.2, -0.15) is 11.8 Å². The predicted octanol–water partition coefficient (Wildman–Crippen LogP) is 3.87. The summed E-state index contributed by atoms with van der Waals surface area (Å²) in [5, 5.41) is 11.5. The second-order valence-electron chi connectivity index (χ2n) is 3.51. The zero-order valence-corrected chi connectivity index (χ0v) is 10.5. The zero-order chi connectivity index (χ0) is 11.5. The first-order chi connectivity index (χ1) is 7.70. The molecule has 1 heterocycles. The third-order valence-corrected chi connectivity index (χ3v) is 3.50. The van der Waals surface area contributed by atoms with Crippen LogP contribution in [0.3, 0.4) is 0 Å². The maximum absolute atomic E-state index is 9.87. The highest BCUT2D eigenvalue weighted by atomic mass is 35.5. The predicted molar refractivity (Wildman–Crippen MR) is 69.2 cm³/mol. The summed E-state index contributed by atoms with van der Waals surface area (Å²) < 4.78 is 5.56. The van der Waals surface area contributed by atoms with Gasteiger partial charge in [-0.25, -0.2) is 0 Å². The molecule has 0 aliphatic carbocycles. The van der Waals surface area contributed by atoms with Crippen LogP contribution in [0.25, 0.3) is 11.0 Å². The van der Waals surface area contributed by atoms with E-state index in [1.54, 1.807) is 17.8 Å². The molecule has 1 aromatic heterocycles. The molecule has 0 spiro atoms. The number of halogens is 1. The number of thioether (sulfide) groups is 1. The Morgan fingerprint density at radius 2 is 2.25 bits per heavy atom. The van der Waals surface area contributed by atoms with Crippen molar-refractivity contribution in [2.24, 2.45) is 0 Å². The van der Waals surface area contributed by atoms with Crippen molar-refractivity contribution in [3.63, 3.8) is 0 Å². The molecule has 0 aliphatic heterocycles. The number of furan rings is 1. The molecule has 2 nitrogen and oxygen atoms in total. The van der Waals surface area contributed by atoms with Crippen molar-refractivity contribution in [2.75, 3.05) is 11.5 Å². The van der Waals surface area contributed by atoms with Gasteiger partial charge in [-0.1, -0.05) is 18.5 Å². The molecule has 1 unspecified atom stereocenters. The van der Waals surface area contributed by atoms with Crippen molar-refractivity contribution < 1.29 is 9.52 Å². The van der Waals surface area contributed by atoms with Crippen LogP contribution < -0.4 is 0 Å². The molecule has 1 atom stereocenters. The Labute approximate surface area is 104 Å². The Balaban J connectivity index is 2.25. The van der Waals surface area contributed by atoms with Crippen LogP contribution in [-0.4, -0.2) is 16.6 Å². The SMILES string of the molecule is CCSCC(O)c1cc2cc(Cl)ccc2o1. The Hall–Kier alpha value is -0.640. The lowest BCUT2D eigenvalue weighted by molar-refractivity contribution is 0.177. The molecule has 1 N–H and O–H groups in total.